The van der Waals surface area contributed by atoms with Gasteiger partial charge < -0.3 is 0 Å². The Kier molecular flexibility index (Phi) is 6.68. The van der Waals surface area contributed by atoms with Crippen LogP contribution in [0.5, 0.6) is 0 Å². The molecule has 0 bridgehead atoms. The minimum absolute atomic E-state index is 0.0298. The number of rotatable bonds is 7. The third kappa shape index (κ3) is 4.94. The van der Waals surface area contributed by atoms with Crippen molar-refractivity contribution in [2.75, 3.05) is 0 Å². The van der Waals surface area contributed by atoms with Gasteiger partial charge >= 0.3 is 0 Å². The quantitative estimate of drug-likeness (QED) is 0.423. The van der Waals surface area contributed by atoms with Crippen molar-refractivity contribution in [1.29, 1.82) is 0 Å². The van der Waals surface area contributed by atoms with E-state index in [-0.39, 0.29) is 10.5 Å². The summed E-state index contributed by atoms with van der Waals surface area (Å²) in [4.78, 5) is 26.1. The topological polar surface area (TPSA) is 68.3 Å². The van der Waals surface area contributed by atoms with Gasteiger partial charge in [0.15, 0.2) is 21.4 Å². The zero-order valence-corrected chi connectivity index (χ0v) is 19.0. The number of halogens is 1. The molecule has 0 aliphatic rings. The fraction of sp³-hybridized carbons (Fsp3) is 0.167. The van der Waals surface area contributed by atoms with E-state index in [1.54, 1.807) is 60.7 Å². The number of hydrogen-bond donors (Lipinski definition) is 0. The molecule has 0 fully saturated rings. The second kappa shape index (κ2) is 9.06. The third-order valence-corrected chi connectivity index (χ3v) is 7.48. The summed E-state index contributed by atoms with van der Waals surface area (Å²) in [7, 11) is -4.07. The maximum atomic E-state index is 13.4. The van der Waals surface area contributed by atoms with Crippen molar-refractivity contribution in [3.63, 3.8) is 0 Å². The first-order valence-electron chi connectivity index (χ1n) is 9.38. The first-order chi connectivity index (χ1) is 14.2. The minimum Gasteiger partial charge on any atom is -0.294 e. The van der Waals surface area contributed by atoms with E-state index in [9.17, 15) is 18.0 Å². The fourth-order valence-corrected chi connectivity index (χ4v) is 4.96. The normalized spacial score (nSPS) is 12.4. The van der Waals surface area contributed by atoms with Crippen LogP contribution in [-0.4, -0.2) is 25.2 Å². The van der Waals surface area contributed by atoms with Gasteiger partial charge in [0.2, 0.25) is 0 Å². The summed E-state index contributed by atoms with van der Waals surface area (Å²) in [6.07, 6.45) is -0.426. The molecule has 0 unspecified atom stereocenters. The summed E-state index contributed by atoms with van der Waals surface area (Å²) in [6, 6.07) is 19.6. The molecule has 0 aromatic heterocycles. The highest BCUT2D eigenvalue weighted by Gasteiger charge is 2.36. The lowest BCUT2D eigenvalue weighted by atomic mass is 10.0. The average molecular weight is 485 g/mol. The molecule has 0 amide bonds. The predicted molar refractivity (Wildman–Crippen MR) is 121 cm³/mol. The molecule has 3 aromatic rings. The number of carbonyl (C=O) groups excluding carboxylic acids is 2. The molecule has 0 aliphatic carbocycles. The van der Waals surface area contributed by atoms with Gasteiger partial charge in [0.05, 0.1) is 4.90 Å². The molecule has 3 aromatic carbocycles. The minimum atomic E-state index is -4.07. The molecule has 0 radical (unpaired) electrons. The summed E-state index contributed by atoms with van der Waals surface area (Å²) in [5, 5.41) is -1.50. The van der Waals surface area contributed by atoms with Gasteiger partial charge in [-0.25, -0.2) is 8.42 Å². The van der Waals surface area contributed by atoms with E-state index in [0.29, 0.717) is 5.56 Å². The van der Waals surface area contributed by atoms with Crippen LogP contribution in [0.1, 0.15) is 38.3 Å². The Morgan fingerprint density at radius 1 is 0.767 bits per heavy atom. The zero-order valence-electron chi connectivity index (χ0n) is 16.6. The highest BCUT2D eigenvalue weighted by atomic mass is 79.9. The van der Waals surface area contributed by atoms with Gasteiger partial charge in [-0.15, -0.1) is 0 Å². The van der Waals surface area contributed by atoms with Gasteiger partial charge in [0.25, 0.3) is 0 Å². The van der Waals surface area contributed by atoms with Crippen LogP contribution in [0.25, 0.3) is 0 Å². The van der Waals surface area contributed by atoms with E-state index < -0.39 is 33.1 Å². The zero-order chi connectivity index (χ0) is 21.9. The Balaban J connectivity index is 2.02. The second-order valence-electron chi connectivity index (χ2n) is 7.21. The standard InChI is InChI=1S/C24H21BrO4S/c1-16-3-7-19(8-4-16)24(27)23(15-22(26)18-9-11-20(25)12-10-18)30(28,29)21-13-5-17(2)6-14-21/h3-14,23H,15H2,1-2H3/t23-/m1/s1. The van der Waals surface area contributed by atoms with Crippen molar-refractivity contribution in [1.82, 2.24) is 0 Å². The van der Waals surface area contributed by atoms with Crippen molar-refractivity contribution < 1.29 is 18.0 Å². The second-order valence-corrected chi connectivity index (χ2v) is 10.3. The lowest BCUT2D eigenvalue weighted by Crippen LogP contribution is -2.33. The van der Waals surface area contributed by atoms with E-state index in [0.717, 1.165) is 15.6 Å². The maximum absolute atomic E-state index is 13.4. The molecule has 0 saturated carbocycles. The van der Waals surface area contributed by atoms with E-state index in [2.05, 4.69) is 15.9 Å². The third-order valence-electron chi connectivity index (χ3n) is 4.89. The van der Waals surface area contributed by atoms with Gasteiger partial charge in [0.1, 0.15) is 5.25 Å². The first kappa shape index (κ1) is 22.1. The summed E-state index contributed by atoms with van der Waals surface area (Å²) >= 11 is 3.31. The number of sulfone groups is 1. The molecule has 0 N–H and O–H groups in total. The van der Waals surface area contributed by atoms with Gasteiger partial charge in [-0.1, -0.05) is 75.6 Å². The highest BCUT2D eigenvalue weighted by molar-refractivity contribution is 9.10. The molecule has 1 atom stereocenters. The van der Waals surface area contributed by atoms with Crippen molar-refractivity contribution in [2.24, 2.45) is 0 Å². The van der Waals surface area contributed by atoms with E-state index in [4.69, 9.17) is 0 Å². The first-order valence-corrected chi connectivity index (χ1v) is 11.7. The highest BCUT2D eigenvalue weighted by Crippen LogP contribution is 2.25. The number of benzene rings is 3. The monoisotopic (exact) mass is 484 g/mol. The molecule has 0 saturated heterocycles. The van der Waals surface area contributed by atoms with Gasteiger partial charge in [-0.3, -0.25) is 9.59 Å². The summed E-state index contributed by atoms with van der Waals surface area (Å²) in [5.74, 6) is -0.982. The summed E-state index contributed by atoms with van der Waals surface area (Å²) < 4.78 is 27.5. The Bertz CT molecular complexity index is 1160. The van der Waals surface area contributed by atoms with Crippen molar-refractivity contribution >= 4 is 37.3 Å². The van der Waals surface area contributed by atoms with Crippen molar-refractivity contribution in [3.05, 3.63) is 99.5 Å². The van der Waals surface area contributed by atoms with Crippen molar-refractivity contribution in [3.8, 4) is 0 Å². The van der Waals surface area contributed by atoms with Crippen LogP contribution in [0.15, 0.2) is 82.2 Å². The molecule has 0 aliphatic heterocycles. The number of hydrogen-bond acceptors (Lipinski definition) is 4. The van der Waals surface area contributed by atoms with Crippen LogP contribution in [0.4, 0.5) is 0 Å². The van der Waals surface area contributed by atoms with Gasteiger partial charge in [-0.05, 0) is 38.1 Å². The van der Waals surface area contributed by atoms with Gasteiger partial charge in [0, 0.05) is 22.0 Å². The molecule has 154 valence electrons. The smallest absolute Gasteiger partial charge is 0.189 e. The Morgan fingerprint density at radius 3 is 1.77 bits per heavy atom. The lowest BCUT2D eigenvalue weighted by molar-refractivity contribution is 0.0920. The maximum Gasteiger partial charge on any atom is 0.189 e. The van der Waals surface area contributed by atoms with Crippen LogP contribution < -0.4 is 0 Å². The molecule has 30 heavy (non-hydrogen) atoms. The SMILES string of the molecule is Cc1ccc(C(=O)[C@@H](CC(=O)c2ccc(Br)cc2)S(=O)(=O)c2ccc(C)cc2)cc1. The molecule has 6 heteroatoms. The Morgan fingerprint density at radius 2 is 1.23 bits per heavy atom. The van der Waals surface area contributed by atoms with Crippen LogP contribution in [0.2, 0.25) is 0 Å². The fourth-order valence-electron chi connectivity index (χ4n) is 3.06. The number of carbonyl (C=O) groups is 2. The molecule has 4 nitrogen and oxygen atoms in total. The molecule has 0 spiro atoms. The van der Waals surface area contributed by atoms with E-state index >= 15 is 0 Å². The van der Waals surface area contributed by atoms with Crippen LogP contribution in [0, 0.1) is 13.8 Å². The Labute approximate surface area is 185 Å². The summed E-state index contributed by atoms with van der Waals surface area (Å²) in [5.41, 5.74) is 2.49. The van der Waals surface area contributed by atoms with E-state index in [1.807, 2.05) is 13.8 Å². The molecular formula is C24H21BrO4S. The summed E-state index contributed by atoms with van der Waals surface area (Å²) in [6.45, 7) is 3.73. The predicted octanol–water partition coefficient (Wildman–Crippen LogP) is 5.36. The number of ketones is 2. The number of aryl methyl sites for hydroxylation is 2. The van der Waals surface area contributed by atoms with Crippen LogP contribution in [-0.2, 0) is 9.84 Å². The van der Waals surface area contributed by atoms with Gasteiger partial charge in [-0.2, -0.15) is 0 Å². The lowest BCUT2D eigenvalue weighted by Gasteiger charge is -2.17. The van der Waals surface area contributed by atoms with Crippen molar-refractivity contribution in [2.45, 2.75) is 30.4 Å². The molecule has 0 heterocycles. The van der Waals surface area contributed by atoms with E-state index in [1.165, 1.54) is 12.1 Å². The van der Waals surface area contributed by atoms with Crippen LogP contribution in [0.3, 0.4) is 0 Å². The molecule has 3 rings (SSSR count). The Hall–Kier alpha value is -2.57. The number of Topliss-reactive ketones (excluding diaryl/α,β-unsaturated/α-hetero) is 2. The molecular weight excluding hydrogens is 464 g/mol. The largest absolute Gasteiger partial charge is 0.294 e. The average Bonchev–Trinajstić information content (AvgIpc) is 2.72. The van der Waals surface area contributed by atoms with Crippen LogP contribution >= 0.6 is 15.9 Å².